The minimum Gasteiger partial charge on any atom is -0.372 e. The van der Waals surface area contributed by atoms with Gasteiger partial charge in [-0.25, -0.2) is 0 Å². The van der Waals surface area contributed by atoms with Crippen LogP contribution in [0.1, 0.15) is 22.3 Å². The molecule has 0 bridgehead atoms. The molecule has 1 heterocycles. The molecule has 1 nitrogen and oxygen atoms in total. The maximum Gasteiger partial charge on any atom is 0.0727 e. The van der Waals surface area contributed by atoms with E-state index in [1.54, 1.807) is 0 Å². The molecule has 0 aliphatic carbocycles. The average molecular weight is 147 g/mol. The maximum absolute atomic E-state index is 5.33. The Balaban J connectivity index is 2.60. The first-order valence-electron chi connectivity index (χ1n) is 3.86. The molecule has 0 atom stereocenters. The Bertz CT molecular complexity index is 289. The summed E-state index contributed by atoms with van der Waals surface area (Å²) in [7, 11) is 0. The molecule has 0 aromatic heterocycles. The summed E-state index contributed by atoms with van der Waals surface area (Å²) in [5.41, 5.74) is 5.15. The zero-order valence-corrected chi connectivity index (χ0v) is 6.90. The van der Waals surface area contributed by atoms with Crippen LogP contribution in [0.15, 0.2) is 6.07 Å². The monoisotopic (exact) mass is 147 g/mol. The summed E-state index contributed by atoms with van der Waals surface area (Å²) < 4.78 is 5.33. The quantitative estimate of drug-likeness (QED) is 0.546. The number of hydrogen-bond donors (Lipinski definition) is 0. The Morgan fingerprint density at radius 3 is 3.00 bits per heavy atom. The third-order valence-corrected chi connectivity index (χ3v) is 2.12. The molecule has 1 aliphatic rings. The van der Waals surface area contributed by atoms with Crippen LogP contribution < -0.4 is 0 Å². The van der Waals surface area contributed by atoms with Crippen LogP contribution in [0.3, 0.4) is 0 Å². The van der Waals surface area contributed by atoms with Crippen molar-refractivity contribution in [3.05, 3.63) is 34.4 Å². The number of hydrogen-bond acceptors (Lipinski definition) is 1. The molecule has 0 amide bonds. The fourth-order valence-electron chi connectivity index (χ4n) is 1.59. The Labute approximate surface area is 67.0 Å². The van der Waals surface area contributed by atoms with E-state index in [-0.39, 0.29) is 0 Å². The Morgan fingerprint density at radius 1 is 1.36 bits per heavy atom. The highest BCUT2D eigenvalue weighted by atomic mass is 16.5. The molecular weight excluding hydrogens is 136 g/mol. The molecule has 0 saturated carbocycles. The second-order valence-electron chi connectivity index (χ2n) is 3.07. The molecule has 0 unspecified atom stereocenters. The van der Waals surface area contributed by atoms with Gasteiger partial charge >= 0.3 is 0 Å². The first kappa shape index (κ1) is 6.86. The summed E-state index contributed by atoms with van der Waals surface area (Å²) in [5, 5.41) is 0. The van der Waals surface area contributed by atoms with E-state index >= 15 is 0 Å². The van der Waals surface area contributed by atoms with Crippen molar-refractivity contribution in [1.29, 1.82) is 0 Å². The highest BCUT2D eigenvalue weighted by Gasteiger charge is 2.13. The lowest BCUT2D eigenvalue weighted by molar-refractivity contribution is 0.134. The van der Waals surface area contributed by atoms with Crippen LogP contribution >= 0.6 is 0 Å². The summed E-state index contributed by atoms with van der Waals surface area (Å²) in [6.45, 7) is 5.73. The van der Waals surface area contributed by atoms with Gasteiger partial charge in [0.25, 0.3) is 0 Å². The van der Waals surface area contributed by atoms with Crippen molar-refractivity contribution in [2.24, 2.45) is 0 Å². The third-order valence-electron chi connectivity index (χ3n) is 2.12. The molecule has 0 saturated heterocycles. The largest absolute Gasteiger partial charge is 0.372 e. The van der Waals surface area contributed by atoms with E-state index in [0.29, 0.717) is 0 Å². The number of aryl methyl sites for hydroxylation is 2. The summed E-state index contributed by atoms with van der Waals surface area (Å²) in [6, 6.07) is 5.45. The normalized spacial score (nSPS) is 15.1. The maximum atomic E-state index is 5.33. The molecule has 2 rings (SSSR count). The van der Waals surface area contributed by atoms with E-state index in [4.69, 9.17) is 4.74 Å². The van der Waals surface area contributed by atoms with Gasteiger partial charge in [-0.1, -0.05) is 6.07 Å². The van der Waals surface area contributed by atoms with Gasteiger partial charge in [-0.05, 0) is 42.2 Å². The van der Waals surface area contributed by atoms with Crippen molar-refractivity contribution < 1.29 is 4.74 Å². The molecule has 0 fully saturated rings. The first-order valence-corrected chi connectivity index (χ1v) is 3.86. The van der Waals surface area contributed by atoms with Crippen LogP contribution in [0.5, 0.6) is 0 Å². The van der Waals surface area contributed by atoms with Crippen LogP contribution in [0, 0.1) is 19.9 Å². The van der Waals surface area contributed by atoms with Crippen molar-refractivity contribution in [2.75, 3.05) is 0 Å². The molecule has 0 N–H and O–H groups in total. The first-order chi connectivity index (χ1) is 5.27. The van der Waals surface area contributed by atoms with Gasteiger partial charge in [0.15, 0.2) is 0 Å². The van der Waals surface area contributed by atoms with Gasteiger partial charge in [0.05, 0.1) is 13.2 Å². The molecule has 11 heavy (non-hydrogen) atoms. The molecule has 1 aliphatic heterocycles. The number of ether oxygens (including phenoxy) is 1. The summed E-state index contributed by atoms with van der Waals surface area (Å²) in [5.74, 6) is 0. The highest BCUT2D eigenvalue weighted by Crippen LogP contribution is 2.23. The molecule has 1 aromatic rings. The number of benzene rings is 1. The van der Waals surface area contributed by atoms with Crippen LogP contribution in [0.4, 0.5) is 0 Å². The van der Waals surface area contributed by atoms with Gasteiger partial charge in [0, 0.05) is 0 Å². The molecule has 1 radical (unpaired) electrons. The van der Waals surface area contributed by atoms with Crippen LogP contribution in [0.2, 0.25) is 0 Å². The number of rotatable bonds is 0. The second-order valence-corrected chi connectivity index (χ2v) is 3.07. The van der Waals surface area contributed by atoms with E-state index < -0.39 is 0 Å². The topological polar surface area (TPSA) is 9.23 Å². The van der Waals surface area contributed by atoms with E-state index in [1.165, 1.54) is 22.3 Å². The Morgan fingerprint density at radius 2 is 2.18 bits per heavy atom. The van der Waals surface area contributed by atoms with Gasteiger partial charge in [-0.2, -0.15) is 0 Å². The molecular formula is C10H11O. The van der Waals surface area contributed by atoms with Crippen molar-refractivity contribution in [2.45, 2.75) is 27.1 Å². The van der Waals surface area contributed by atoms with Gasteiger partial charge < -0.3 is 4.74 Å². The van der Waals surface area contributed by atoms with Crippen molar-refractivity contribution in [1.82, 2.24) is 0 Å². The minimum absolute atomic E-state index is 0.776. The summed E-state index contributed by atoms with van der Waals surface area (Å²) in [6.07, 6.45) is 0. The standard InChI is InChI=1S/C10H11O/c1-7-3-8(2)10-6-11-5-9(10)4-7/h4H,5-6H2,1-2H3. The fraction of sp³-hybridized carbons (Fsp3) is 0.400. The Kier molecular flexibility index (Phi) is 1.46. The van der Waals surface area contributed by atoms with Gasteiger partial charge in [0.1, 0.15) is 0 Å². The van der Waals surface area contributed by atoms with Crippen molar-refractivity contribution in [3.8, 4) is 0 Å². The predicted molar refractivity (Wildman–Crippen MR) is 43.2 cm³/mol. The van der Waals surface area contributed by atoms with Crippen molar-refractivity contribution in [3.63, 3.8) is 0 Å². The number of fused-ring (bicyclic) bond motifs is 1. The second kappa shape index (κ2) is 2.35. The van der Waals surface area contributed by atoms with E-state index in [1.807, 2.05) is 0 Å². The smallest absolute Gasteiger partial charge is 0.0727 e. The zero-order chi connectivity index (χ0) is 7.84. The van der Waals surface area contributed by atoms with Crippen LogP contribution in [-0.4, -0.2) is 0 Å². The van der Waals surface area contributed by atoms with E-state index in [2.05, 4.69) is 26.0 Å². The fourth-order valence-corrected chi connectivity index (χ4v) is 1.59. The third kappa shape index (κ3) is 1.05. The minimum atomic E-state index is 0.776. The highest BCUT2D eigenvalue weighted by molar-refractivity contribution is 5.38. The SMILES string of the molecule is Cc1[c]c(C)c2c(c1)COC2. The Hall–Kier alpha value is -0.820. The predicted octanol–water partition coefficient (Wildman–Crippen LogP) is 2.13. The molecule has 57 valence electrons. The average Bonchev–Trinajstić information content (AvgIpc) is 2.34. The van der Waals surface area contributed by atoms with Crippen molar-refractivity contribution >= 4 is 0 Å². The van der Waals surface area contributed by atoms with E-state index in [9.17, 15) is 0 Å². The summed E-state index contributed by atoms with van der Waals surface area (Å²) >= 11 is 0. The zero-order valence-electron chi connectivity index (χ0n) is 6.90. The molecule has 1 aromatic carbocycles. The lowest BCUT2D eigenvalue weighted by Gasteiger charge is -2.01. The lowest BCUT2D eigenvalue weighted by Crippen LogP contribution is -1.89. The summed E-state index contributed by atoms with van der Waals surface area (Å²) in [4.78, 5) is 0. The molecule has 1 heteroatoms. The molecule has 0 spiro atoms. The lowest BCUT2D eigenvalue weighted by atomic mass is 10.0. The van der Waals surface area contributed by atoms with Gasteiger partial charge in [-0.15, -0.1) is 0 Å². The van der Waals surface area contributed by atoms with Crippen LogP contribution in [0.25, 0.3) is 0 Å². The van der Waals surface area contributed by atoms with Gasteiger partial charge in [-0.3, -0.25) is 0 Å². The van der Waals surface area contributed by atoms with E-state index in [0.717, 1.165) is 13.2 Å². The van der Waals surface area contributed by atoms with Gasteiger partial charge in [0.2, 0.25) is 0 Å². The van der Waals surface area contributed by atoms with Crippen LogP contribution in [-0.2, 0) is 18.0 Å².